The minimum atomic E-state index is -0.220. The Kier molecular flexibility index (Phi) is 5.37. The topological polar surface area (TPSA) is 55.0 Å². The first-order valence-electron chi connectivity index (χ1n) is 7.58. The van der Waals surface area contributed by atoms with Gasteiger partial charge in [0.1, 0.15) is 17.4 Å². The Morgan fingerprint density at radius 1 is 1.14 bits per heavy atom. The van der Waals surface area contributed by atoms with Crippen LogP contribution in [0.2, 0.25) is 0 Å². The maximum Gasteiger partial charge on any atom is 0.268 e. The molecule has 0 aliphatic carbocycles. The number of benzene rings is 1. The number of nitriles is 1. The van der Waals surface area contributed by atoms with Crippen molar-refractivity contribution in [2.24, 2.45) is 0 Å². The van der Waals surface area contributed by atoms with Gasteiger partial charge in [0.2, 0.25) is 0 Å². The molecule has 0 saturated carbocycles. The Balaban J connectivity index is 2.47. The van der Waals surface area contributed by atoms with Gasteiger partial charge in [-0.1, -0.05) is 13.3 Å². The number of rotatable bonds is 6. The molecular formula is C18H20N2O2. The number of pyridine rings is 1. The molecule has 1 heterocycles. The van der Waals surface area contributed by atoms with Crippen LogP contribution in [0.5, 0.6) is 5.75 Å². The van der Waals surface area contributed by atoms with Crippen LogP contribution in [0.3, 0.4) is 0 Å². The summed E-state index contributed by atoms with van der Waals surface area (Å²) in [5, 5.41) is 9.05. The summed E-state index contributed by atoms with van der Waals surface area (Å²) >= 11 is 0. The quantitative estimate of drug-likeness (QED) is 0.818. The maximum atomic E-state index is 12.4. The van der Waals surface area contributed by atoms with Gasteiger partial charge in [0.05, 0.1) is 12.3 Å². The normalized spacial score (nSPS) is 10.2. The molecule has 0 fully saturated rings. The molecule has 0 aliphatic heterocycles. The van der Waals surface area contributed by atoms with Gasteiger partial charge in [0.15, 0.2) is 0 Å². The van der Waals surface area contributed by atoms with E-state index < -0.39 is 0 Å². The van der Waals surface area contributed by atoms with E-state index in [4.69, 9.17) is 10.00 Å². The van der Waals surface area contributed by atoms with Crippen molar-refractivity contribution in [3.63, 3.8) is 0 Å². The average molecular weight is 296 g/mol. The Labute approximate surface area is 130 Å². The predicted molar refractivity (Wildman–Crippen MR) is 86.9 cm³/mol. The first-order valence-corrected chi connectivity index (χ1v) is 7.58. The van der Waals surface area contributed by atoms with Crippen molar-refractivity contribution < 1.29 is 4.74 Å². The summed E-state index contributed by atoms with van der Waals surface area (Å²) in [7, 11) is 0. The van der Waals surface area contributed by atoms with Gasteiger partial charge in [-0.3, -0.25) is 4.79 Å². The minimum absolute atomic E-state index is 0.186. The lowest BCUT2D eigenvalue weighted by molar-refractivity contribution is 0.340. The van der Waals surface area contributed by atoms with E-state index in [1.54, 1.807) is 10.6 Å². The third-order valence-electron chi connectivity index (χ3n) is 3.49. The summed E-state index contributed by atoms with van der Waals surface area (Å²) in [5.74, 6) is 0.808. The highest BCUT2D eigenvalue weighted by Gasteiger charge is 2.10. The highest BCUT2D eigenvalue weighted by atomic mass is 16.5. The first-order chi connectivity index (χ1) is 10.7. The van der Waals surface area contributed by atoms with Crippen LogP contribution in [-0.2, 0) is 6.54 Å². The van der Waals surface area contributed by atoms with Crippen molar-refractivity contribution in [2.45, 2.75) is 33.2 Å². The number of hydrogen-bond acceptors (Lipinski definition) is 3. The monoisotopic (exact) mass is 296 g/mol. The third-order valence-corrected chi connectivity index (χ3v) is 3.49. The second-order valence-corrected chi connectivity index (χ2v) is 5.01. The Morgan fingerprint density at radius 2 is 1.86 bits per heavy atom. The van der Waals surface area contributed by atoms with Crippen LogP contribution in [0.25, 0.3) is 11.3 Å². The number of nitrogens with zero attached hydrogens (tertiary/aromatic N) is 2. The summed E-state index contributed by atoms with van der Waals surface area (Å²) in [5.41, 5.74) is 1.75. The summed E-state index contributed by atoms with van der Waals surface area (Å²) < 4.78 is 7.13. The zero-order valence-corrected chi connectivity index (χ0v) is 13.0. The Bertz CT molecular complexity index is 724. The molecule has 0 aliphatic rings. The Morgan fingerprint density at radius 3 is 2.45 bits per heavy atom. The lowest BCUT2D eigenvalue weighted by atomic mass is 10.1. The second-order valence-electron chi connectivity index (χ2n) is 5.01. The molecule has 0 saturated heterocycles. The van der Waals surface area contributed by atoms with E-state index in [1.165, 1.54) is 0 Å². The number of unbranched alkanes of at least 4 members (excludes halogenated alkanes) is 1. The van der Waals surface area contributed by atoms with E-state index in [1.807, 2.05) is 43.3 Å². The average Bonchev–Trinajstić information content (AvgIpc) is 2.54. The van der Waals surface area contributed by atoms with Gasteiger partial charge in [-0.2, -0.15) is 5.26 Å². The molecular weight excluding hydrogens is 276 g/mol. The van der Waals surface area contributed by atoms with Crippen LogP contribution in [0, 0.1) is 11.3 Å². The molecule has 4 heteroatoms. The molecule has 0 amide bonds. The van der Waals surface area contributed by atoms with Crippen molar-refractivity contribution in [3.05, 3.63) is 52.3 Å². The summed E-state index contributed by atoms with van der Waals surface area (Å²) in [6, 6.07) is 13.1. The second kappa shape index (κ2) is 7.46. The molecule has 0 N–H and O–H groups in total. The molecule has 4 nitrogen and oxygen atoms in total. The fourth-order valence-corrected chi connectivity index (χ4v) is 2.34. The zero-order chi connectivity index (χ0) is 15.9. The smallest absolute Gasteiger partial charge is 0.268 e. The lowest BCUT2D eigenvalue weighted by Gasteiger charge is -2.13. The number of hydrogen-bond donors (Lipinski definition) is 0. The standard InChI is InChI=1S/C18H20N2O2/c1-3-5-12-20-17(11-8-15(13-19)18(20)21)14-6-9-16(10-7-14)22-4-2/h6-11H,3-5,12H2,1-2H3. The van der Waals surface area contributed by atoms with Crippen LogP contribution in [0.15, 0.2) is 41.2 Å². The van der Waals surface area contributed by atoms with Crippen molar-refractivity contribution in [1.82, 2.24) is 4.57 Å². The molecule has 2 rings (SSSR count). The lowest BCUT2D eigenvalue weighted by Crippen LogP contribution is -2.24. The maximum absolute atomic E-state index is 12.4. The van der Waals surface area contributed by atoms with E-state index in [2.05, 4.69) is 6.92 Å². The van der Waals surface area contributed by atoms with E-state index in [9.17, 15) is 4.79 Å². The number of aromatic nitrogens is 1. The fourth-order valence-electron chi connectivity index (χ4n) is 2.34. The van der Waals surface area contributed by atoms with Crippen LogP contribution < -0.4 is 10.3 Å². The van der Waals surface area contributed by atoms with E-state index >= 15 is 0 Å². The first kappa shape index (κ1) is 15.8. The minimum Gasteiger partial charge on any atom is -0.494 e. The molecule has 1 aromatic heterocycles. The molecule has 22 heavy (non-hydrogen) atoms. The molecule has 2 aromatic rings. The van der Waals surface area contributed by atoms with Gasteiger partial charge in [-0.05, 0) is 55.3 Å². The van der Waals surface area contributed by atoms with Crippen molar-refractivity contribution >= 4 is 0 Å². The van der Waals surface area contributed by atoms with E-state index in [-0.39, 0.29) is 11.1 Å². The van der Waals surface area contributed by atoms with Crippen LogP contribution in [-0.4, -0.2) is 11.2 Å². The third kappa shape index (κ3) is 3.37. The van der Waals surface area contributed by atoms with Gasteiger partial charge in [0.25, 0.3) is 5.56 Å². The summed E-state index contributed by atoms with van der Waals surface area (Å²) in [6.45, 7) is 5.26. The molecule has 0 unspecified atom stereocenters. The van der Waals surface area contributed by atoms with Gasteiger partial charge in [0, 0.05) is 6.54 Å². The van der Waals surface area contributed by atoms with Gasteiger partial charge < -0.3 is 9.30 Å². The molecule has 0 spiro atoms. The fraction of sp³-hybridized carbons (Fsp3) is 0.333. The van der Waals surface area contributed by atoms with Crippen LogP contribution in [0.1, 0.15) is 32.3 Å². The molecule has 0 radical (unpaired) electrons. The van der Waals surface area contributed by atoms with Crippen molar-refractivity contribution in [3.8, 4) is 23.1 Å². The van der Waals surface area contributed by atoms with Gasteiger partial charge in [-0.15, -0.1) is 0 Å². The largest absolute Gasteiger partial charge is 0.494 e. The zero-order valence-electron chi connectivity index (χ0n) is 13.0. The van der Waals surface area contributed by atoms with Crippen molar-refractivity contribution in [2.75, 3.05) is 6.61 Å². The summed E-state index contributed by atoms with van der Waals surface area (Å²) in [4.78, 5) is 12.4. The number of ether oxygens (including phenoxy) is 1. The van der Waals surface area contributed by atoms with Crippen LogP contribution >= 0.6 is 0 Å². The van der Waals surface area contributed by atoms with Crippen LogP contribution in [0.4, 0.5) is 0 Å². The van der Waals surface area contributed by atoms with Gasteiger partial charge >= 0.3 is 0 Å². The SMILES string of the molecule is CCCCn1c(-c2ccc(OCC)cc2)ccc(C#N)c1=O. The predicted octanol–water partition coefficient (Wildman–Crippen LogP) is 3.59. The molecule has 1 aromatic carbocycles. The molecule has 0 atom stereocenters. The van der Waals surface area contributed by atoms with E-state index in [0.29, 0.717) is 13.2 Å². The van der Waals surface area contributed by atoms with Crippen molar-refractivity contribution in [1.29, 1.82) is 5.26 Å². The summed E-state index contributed by atoms with van der Waals surface area (Å²) in [6.07, 6.45) is 1.89. The highest BCUT2D eigenvalue weighted by Crippen LogP contribution is 2.22. The highest BCUT2D eigenvalue weighted by molar-refractivity contribution is 5.61. The van der Waals surface area contributed by atoms with E-state index in [0.717, 1.165) is 29.8 Å². The molecule has 114 valence electrons. The van der Waals surface area contributed by atoms with Gasteiger partial charge in [-0.25, -0.2) is 0 Å². The molecule has 0 bridgehead atoms. The Hall–Kier alpha value is -2.54.